The first kappa shape index (κ1) is 9.99. The van der Waals surface area contributed by atoms with Gasteiger partial charge in [0.2, 0.25) is 0 Å². The first-order valence-corrected chi connectivity index (χ1v) is 6.36. The summed E-state index contributed by atoms with van der Waals surface area (Å²) in [4.78, 5) is 0. The van der Waals surface area contributed by atoms with Crippen molar-refractivity contribution < 1.29 is 0 Å². The van der Waals surface area contributed by atoms with Crippen molar-refractivity contribution in [3.8, 4) is 0 Å². The van der Waals surface area contributed by atoms with Crippen LogP contribution in [0, 0.1) is 23.7 Å². The molecule has 0 nitrogen and oxygen atoms in total. The molecule has 0 heterocycles. The second-order valence-corrected chi connectivity index (χ2v) is 5.86. The van der Waals surface area contributed by atoms with E-state index in [1.54, 1.807) is 0 Å². The molecule has 0 aliphatic heterocycles. The molecule has 0 aromatic carbocycles. The van der Waals surface area contributed by atoms with Crippen LogP contribution in [0.4, 0.5) is 0 Å². The molecule has 0 spiro atoms. The quantitative estimate of drug-likeness (QED) is 0.587. The van der Waals surface area contributed by atoms with Gasteiger partial charge in [-0.2, -0.15) is 0 Å². The van der Waals surface area contributed by atoms with E-state index in [9.17, 15) is 0 Å². The second kappa shape index (κ2) is 3.40. The maximum Gasteiger partial charge on any atom is 0.106 e. The summed E-state index contributed by atoms with van der Waals surface area (Å²) in [5, 5.41) is 0. The molecule has 4 unspecified atom stereocenters. The Bertz CT molecular complexity index is 374. The van der Waals surface area contributed by atoms with Crippen LogP contribution in [0.2, 0.25) is 0 Å². The highest BCUT2D eigenvalue weighted by atomic mass is 35.5. The molecule has 2 heteroatoms. The molecule has 0 aromatic heterocycles. The fourth-order valence-electron chi connectivity index (χ4n) is 3.92. The van der Waals surface area contributed by atoms with Crippen molar-refractivity contribution in [2.75, 3.05) is 0 Å². The first-order valence-electron chi connectivity index (χ1n) is 5.60. The SMILES string of the molecule is C=C1C=CCC2C3CCC(C3=C(Cl)Cl)C12. The first-order chi connectivity index (χ1) is 7.20. The Morgan fingerprint density at radius 1 is 1.27 bits per heavy atom. The Morgan fingerprint density at radius 3 is 2.67 bits per heavy atom. The molecule has 3 aliphatic carbocycles. The van der Waals surface area contributed by atoms with E-state index in [-0.39, 0.29) is 0 Å². The molecule has 3 aliphatic rings. The van der Waals surface area contributed by atoms with E-state index < -0.39 is 0 Å². The Balaban J connectivity index is 2.06. The van der Waals surface area contributed by atoms with Gasteiger partial charge in [-0.15, -0.1) is 0 Å². The van der Waals surface area contributed by atoms with Crippen LogP contribution in [-0.2, 0) is 0 Å². The van der Waals surface area contributed by atoms with E-state index in [1.165, 1.54) is 30.4 Å². The molecule has 3 rings (SSSR count). The summed E-state index contributed by atoms with van der Waals surface area (Å²) in [5.74, 6) is 2.56. The van der Waals surface area contributed by atoms with E-state index in [0.717, 1.165) is 5.92 Å². The zero-order valence-corrected chi connectivity index (χ0v) is 10.1. The third kappa shape index (κ3) is 1.28. The van der Waals surface area contributed by atoms with Crippen molar-refractivity contribution in [1.82, 2.24) is 0 Å². The van der Waals surface area contributed by atoms with Gasteiger partial charge in [-0.1, -0.05) is 47.5 Å². The van der Waals surface area contributed by atoms with E-state index in [0.29, 0.717) is 22.2 Å². The van der Waals surface area contributed by atoms with Crippen LogP contribution in [0.3, 0.4) is 0 Å². The van der Waals surface area contributed by atoms with Crippen molar-refractivity contribution >= 4 is 23.2 Å². The summed E-state index contributed by atoms with van der Waals surface area (Å²) < 4.78 is 0.532. The van der Waals surface area contributed by atoms with Crippen LogP contribution in [-0.4, -0.2) is 0 Å². The number of hydrogen-bond donors (Lipinski definition) is 0. The summed E-state index contributed by atoms with van der Waals surface area (Å²) >= 11 is 12.0. The number of rotatable bonds is 0. The summed E-state index contributed by atoms with van der Waals surface area (Å²) in [6.45, 7) is 4.17. The van der Waals surface area contributed by atoms with Crippen LogP contribution in [0.15, 0.2) is 34.4 Å². The largest absolute Gasteiger partial charge is 0.106 e. The minimum atomic E-state index is 0.532. The van der Waals surface area contributed by atoms with Crippen molar-refractivity contribution in [1.29, 1.82) is 0 Å². The van der Waals surface area contributed by atoms with Gasteiger partial charge in [0.1, 0.15) is 4.49 Å². The van der Waals surface area contributed by atoms with Gasteiger partial charge in [0.05, 0.1) is 0 Å². The van der Waals surface area contributed by atoms with Crippen LogP contribution >= 0.6 is 23.2 Å². The highest BCUT2D eigenvalue weighted by Crippen LogP contribution is 2.61. The summed E-state index contributed by atoms with van der Waals surface area (Å²) in [6.07, 6.45) is 8.13. The maximum absolute atomic E-state index is 6.02. The average Bonchev–Trinajstić information content (AvgIpc) is 2.73. The lowest BCUT2D eigenvalue weighted by Crippen LogP contribution is -2.24. The van der Waals surface area contributed by atoms with Gasteiger partial charge in [0, 0.05) is 0 Å². The number of halogens is 2. The molecule has 0 saturated heterocycles. The van der Waals surface area contributed by atoms with Crippen molar-refractivity contribution in [2.24, 2.45) is 23.7 Å². The smallest absolute Gasteiger partial charge is 0.0955 e. The molecule has 80 valence electrons. The Hall–Kier alpha value is -0.200. The molecular formula is C13H14Cl2. The topological polar surface area (TPSA) is 0 Å². The van der Waals surface area contributed by atoms with Gasteiger partial charge in [-0.25, -0.2) is 0 Å². The number of hydrogen-bond acceptors (Lipinski definition) is 0. The zero-order chi connectivity index (χ0) is 10.6. The zero-order valence-electron chi connectivity index (χ0n) is 8.55. The Morgan fingerprint density at radius 2 is 2.00 bits per heavy atom. The highest BCUT2D eigenvalue weighted by Gasteiger charge is 2.52. The van der Waals surface area contributed by atoms with Crippen LogP contribution in [0.5, 0.6) is 0 Å². The van der Waals surface area contributed by atoms with Gasteiger partial charge in [0.15, 0.2) is 0 Å². The van der Waals surface area contributed by atoms with Gasteiger partial charge < -0.3 is 0 Å². The molecule has 2 saturated carbocycles. The monoisotopic (exact) mass is 240 g/mol. The van der Waals surface area contributed by atoms with Gasteiger partial charge in [-0.05, 0) is 48.5 Å². The predicted molar refractivity (Wildman–Crippen MR) is 64.8 cm³/mol. The average molecular weight is 241 g/mol. The van der Waals surface area contributed by atoms with E-state index >= 15 is 0 Å². The molecule has 0 radical (unpaired) electrons. The van der Waals surface area contributed by atoms with E-state index in [4.69, 9.17) is 23.2 Å². The molecule has 2 bridgehead atoms. The molecule has 0 N–H and O–H groups in total. The minimum Gasteiger partial charge on any atom is -0.0955 e. The lowest BCUT2D eigenvalue weighted by Gasteiger charge is -2.33. The standard InChI is InChI=1S/C13H14Cl2/c1-7-3-2-4-8-9-5-6-10(11(7)8)12(9)13(14)15/h2-3,8-11H,1,4-6H2. The molecule has 4 atom stereocenters. The van der Waals surface area contributed by atoms with Gasteiger partial charge in [0.25, 0.3) is 0 Å². The predicted octanol–water partition coefficient (Wildman–Crippen LogP) is 4.46. The summed E-state index contributed by atoms with van der Waals surface area (Å²) in [7, 11) is 0. The fraction of sp³-hybridized carbons (Fsp3) is 0.538. The maximum atomic E-state index is 6.02. The normalized spacial score (nSPS) is 42.3. The molecule has 15 heavy (non-hydrogen) atoms. The fourth-order valence-corrected chi connectivity index (χ4v) is 4.48. The van der Waals surface area contributed by atoms with Gasteiger partial charge in [-0.3, -0.25) is 0 Å². The van der Waals surface area contributed by atoms with Crippen LogP contribution in [0.25, 0.3) is 0 Å². The summed E-state index contributed by atoms with van der Waals surface area (Å²) in [5.41, 5.74) is 2.61. The van der Waals surface area contributed by atoms with Crippen molar-refractivity contribution in [2.45, 2.75) is 19.3 Å². The van der Waals surface area contributed by atoms with Crippen LogP contribution < -0.4 is 0 Å². The molecule has 0 amide bonds. The molecule has 2 fully saturated rings. The third-order valence-electron chi connectivity index (χ3n) is 4.39. The number of allylic oxidation sites excluding steroid dienone is 4. The highest BCUT2D eigenvalue weighted by molar-refractivity contribution is 6.56. The lowest BCUT2D eigenvalue weighted by atomic mass is 9.71. The Labute approximate surface area is 101 Å². The summed E-state index contributed by atoms with van der Waals surface area (Å²) in [6, 6.07) is 0. The minimum absolute atomic E-state index is 0.532. The molecule has 0 aromatic rings. The van der Waals surface area contributed by atoms with Crippen molar-refractivity contribution in [3.05, 3.63) is 34.4 Å². The van der Waals surface area contributed by atoms with E-state index in [1.807, 2.05) is 0 Å². The van der Waals surface area contributed by atoms with E-state index in [2.05, 4.69) is 18.7 Å². The molecular weight excluding hydrogens is 227 g/mol. The van der Waals surface area contributed by atoms with Crippen LogP contribution in [0.1, 0.15) is 19.3 Å². The lowest BCUT2D eigenvalue weighted by molar-refractivity contribution is 0.254. The van der Waals surface area contributed by atoms with Gasteiger partial charge >= 0.3 is 0 Å². The third-order valence-corrected chi connectivity index (χ3v) is 4.82. The number of fused-ring (bicyclic) bond motifs is 5. The van der Waals surface area contributed by atoms with Crippen molar-refractivity contribution in [3.63, 3.8) is 0 Å². The second-order valence-electron chi connectivity index (χ2n) is 4.91. The Kier molecular flexibility index (Phi) is 2.26.